The number of aryl methyl sites for hydroxylation is 1. The molecule has 0 aliphatic carbocycles. The van der Waals surface area contributed by atoms with Crippen molar-refractivity contribution in [1.82, 2.24) is 14.9 Å². The molecule has 2 N–H and O–H groups in total. The smallest absolute Gasteiger partial charge is 0.262 e. The van der Waals surface area contributed by atoms with Gasteiger partial charge in [0.05, 0.1) is 10.9 Å². The second kappa shape index (κ2) is 10.6. The van der Waals surface area contributed by atoms with Crippen LogP contribution in [-0.4, -0.2) is 20.6 Å². The van der Waals surface area contributed by atoms with E-state index >= 15 is 0 Å². The van der Waals surface area contributed by atoms with Gasteiger partial charge in [0.25, 0.3) is 5.56 Å². The summed E-state index contributed by atoms with van der Waals surface area (Å²) in [6.07, 6.45) is 0.443. The molecule has 3 aromatic carbocycles. The lowest BCUT2D eigenvalue weighted by molar-refractivity contribution is -0.123. The highest BCUT2D eigenvalue weighted by Gasteiger charge is 2.28. The lowest BCUT2D eigenvalue weighted by atomic mass is 10.0. The van der Waals surface area contributed by atoms with Crippen LogP contribution in [-0.2, 0) is 4.79 Å². The number of benzene rings is 3. The Hall–Kier alpha value is -3.84. The number of carbonyl (C=O) groups excluding carboxylic acids is 1. The van der Waals surface area contributed by atoms with Crippen molar-refractivity contribution in [3.63, 3.8) is 0 Å². The van der Waals surface area contributed by atoms with Crippen molar-refractivity contribution in [2.75, 3.05) is 5.32 Å². The van der Waals surface area contributed by atoms with E-state index in [0.29, 0.717) is 23.1 Å². The lowest BCUT2D eigenvalue weighted by Crippen LogP contribution is -2.43. The summed E-state index contributed by atoms with van der Waals surface area (Å²) < 4.78 is 1.52. The number of rotatable bonds is 6. The summed E-state index contributed by atoms with van der Waals surface area (Å²) in [6.45, 7) is 6.04. The van der Waals surface area contributed by atoms with E-state index in [9.17, 15) is 9.59 Å². The van der Waals surface area contributed by atoms with Crippen molar-refractivity contribution in [3.05, 3.63) is 94.8 Å². The zero-order valence-corrected chi connectivity index (χ0v) is 20.8. The number of anilines is 1. The Labute approximate surface area is 210 Å². The van der Waals surface area contributed by atoms with E-state index in [2.05, 4.69) is 10.6 Å². The van der Waals surface area contributed by atoms with Crippen molar-refractivity contribution in [2.24, 2.45) is 5.92 Å². The van der Waals surface area contributed by atoms with Crippen LogP contribution in [0.2, 0.25) is 0 Å². The highest BCUT2D eigenvalue weighted by Crippen LogP contribution is 2.25. The lowest BCUT2D eigenvalue weighted by Gasteiger charge is -2.24. The summed E-state index contributed by atoms with van der Waals surface area (Å²) in [7, 11) is 0. The number of carbonyl (C=O) groups is 1. The summed E-state index contributed by atoms with van der Waals surface area (Å²) in [5.41, 5.74) is 2.99. The molecule has 4 aromatic rings. The number of hydrogen-bond acceptors (Lipinski definition) is 4. The number of para-hydroxylation sites is 1. The van der Waals surface area contributed by atoms with Gasteiger partial charge in [-0.05, 0) is 55.7 Å². The quantitative estimate of drug-likeness (QED) is 0.355. The van der Waals surface area contributed by atoms with E-state index in [1.54, 1.807) is 12.1 Å². The van der Waals surface area contributed by atoms with E-state index in [0.717, 1.165) is 16.8 Å². The monoisotopic (exact) mass is 484 g/mol. The fraction of sp³-hybridized carbons (Fsp3) is 0.214. The molecule has 178 valence electrons. The Kier molecular flexibility index (Phi) is 7.36. The minimum Gasteiger partial charge on any atom is -0.332 e. The van der Waals surface area contributed by atoms with Crippen molar-refractivity contribution in [1.29, 1.82) is 0 Å². The van der Waals surface area contributed by atoms with Gasteiger partial charge >= 0.3 is 0 Å². The van der Waals surface area contributed by atoms with Crippen molar-refractivity contribution < 1.29 is 4.79 Å². The molecule has 0 aliphatic heterocycles. The van der Waals surface area contributed by atoms with Gasteiger partial charge in [-0.3, -0.25) is 14.2 Å². The first-order chi connectivity index (χ1) is 16.8. The van der Waals surface area contributed by atoms with Crippen LogP contribution in [0.4, 0.5) is 5.69 Å². The molecule has 4 rings (SSSR count). The van der Waals surface area contributed by atoms with Crippen molar-refractivity contribution in [3.8, 4) is 11.4 Å². The summed E-state index contributed by atoms with van der Waals surface area (Å²) in [5.74, 6) is 0.235. The molecule has 1 aromatic heterocycles. The predicted molar refractivity (Wildman–Crippen MR) is 145 cm³/mol. The first-order valence-electron chi connectivity index (χ1n) is 11.6. The maximum atomic E-state index is 13.8. The zero-order valence-electron chi connectivity index (χ0n) is 20.0. The third-order valence-electron chi connectivity index (χ3n) is 5.69. The van der Waals surface area contributed by atoms with E-state index < -0.39 is 6.04 Å². The summed E-state index contributed by atoms with van der Waals surface area (Å²) in [4.78, 5) is 32.1. The summed E-state index contributed by atoms with van der Waals surface area (Å²) in [6, 6.07) is 23.6. The van der Waals surface area contributed by atoms with E-state index in [-0.39, 0.29) is 22.5 Å². The summed E-state index contributed by atoms with van der Waals surface area (Å²) >= 11 is 5.42. The molecule has 1 unspecified atom stereocenters. The number of aromatic nitrogens is 2. The van der Waals surface area contributed by atoms with Gasteiger partial charge in [0.1, 0.15) is 11.9 Å². The molecular weight excluding hydrogens is 456 g/mol. The molecule has 0 aliphatic rings. The van der Waals surface area contributed by atoms with Gasteiger partial charge in [0.15, 0.2) is 5.11 Å². The Morgan fingerprint density at radius 3 is 2.31 bits per heavy atom. The molecule has 0 fully saturated rings. The van der Waals surface area contributed by atoms with Crippen LogP contribution >= 0.6 is 12.2 Å². The van der Waals surface area contributed by atoms with Crippen LogP contribution in [0.25, 0.3) is 22.3 Å². The molecular formula is C28H28N4O2S. The average molecular weight is 485 g/mol. The fourth-order valence-electron chi connectivity index (χ4n) is 4.00. The first-order valence-corrected chi connectivity index (χ1v) is 12.0. The molecule has 0 radical (unpaired) electrons. The maximum absolute atomic E-state index is 13.8. The van der Waals surface area contributed by atoms with Gasteiger partial charge in [0, 0.05) is 11.3 Å². The zero-order chi connectivity index (χ0) is 24.9. The molecule has 0 bridgehead atoms. The van der Waals surface area contributed by atoms with Crippen LogP contribution in [0.5, 0.6) is 0 Å². The van der Waals surface area contributed by atoms with Crippen molar-refractivity contribution in [2.45, 2.75) is 33.2 Å². The second-order valence-electron chi connectivity index (χ2n) is 8.95. The third kappa shape index (κ3) is 5.63. The standard InChI is InChI=1S/C28H28N4O2S/c1-18(2)17-24(26(33)31-28(35)29-21-15-13-19(3)14-16-21)32-25(20-9-5-4-6-10-20)30-23-12-8-7-11-22(23)27(32)34/h4-16,18,24H,17H2,1-3H3,(H2,29,31,33,35). The van der Waals surface area contributed by atoms with Crippen LogP contribution in [0.1, 0.15) is 31.9 Å². The van der Waals surface area contributed by atoms with Gasteiger partial charge < -0.3 is 10.6 Å². The number of amides is 1. The molecule has 0 saturated heterocycles. The number of fused-ring (bicyclic) bond motifs is 1. The molecule has 1 atom stereocenters. The molecule has 7 heteroatoms. The molecule has 6 nitrogen and oxygen atoms in total. The molecule has 0 spiro atoms. The Bertz CT molecular complexity index is 1410. The Balaban J connectivity index is 1.76. The topological polar surface area (TPSA) is 76.0 Å². The van der Waals surface area contributed by atoms with Crippen molar-refractivity contribution >= 4 is 39.8 Å². The Morgan fingerprint density at radius 2 is 1.63 bits per heavy atom. The minimum atomic E-state index is -0.799. The maximum Gasteiger partial charge on any atom is 0.262 e. The molecule has 1 amide bonds. The number of nitrogens with one attached hydrogen (secondary N) is 2. The molecule has 1 heterocycles. The van der Waals surface area contributed by atoms with Crippen LogP contribution in [0.15, 0.2) is 83.7 Å². The van der Waals surface area contributed by atoms with Gasteiger partial charge in [0.2, 0.25) is 5.91 Å². The number of thiocarbonyl (C=S) groups is 1. The molecule has 35 heavy (non-hydrogen) atoms. The highest BCUT2D eigenvalue weighted by molar-refractivity contribution is 7.80. The SMILES string of the molecule is Cc1ccc(NC(=S)NC(=O)C(CC(C)C)n2c(-c3ccccc3)nc3ccccc3c2=O)cc1. The van der Waals surface area contributed by atoms with Gasteiger partial charge in [-0.25, -0.2) is 4.98 Å². The molecule has 0 saturated carbocycles. The average Bonchev–Trinajstić information content (AvgIpc) is 2.84. The Morgan fingerprint density at radius 1 is 0.971 bits per heavy atom. The van der Waals surface area contributed by atoms with E-state index in [1.165, 1.54) is 4.57 Å². The number of nitrogens with zero attached hydrogens (tertiary/aromatic N) is 2. The normalized spacial score (nSPS) is 11.9. The third-order valence-corrected chi connectivity index (χ3v) is 5.90. The largest absolute Gasteiger partial charge is 0.332 e. The minimum absolute atomic E-state index is 0.145. The van der Waals surface area contributed by atoms with Crippen LogP contribution in [0, 0.1) is 12.8 Å². The number of hydrogen-bond donors (Lipinski definition) is 2. The highest BCUT2D eigenvalue weighted by atomic mass is 32.1. The predicted octanol–water partition coefficient (Wildman–Crippen LogP) is 5.47. The van der Waals surface area contributed by atoms with Gasteiger partial charge in [-0.2, -0.15) is 0 Å². The van der Waals surface area contributed by atoms with E-state index in [1.807, 2.05) is 87.5 Å². The van der Waals surface area contributed by atoms with Crippen LogP contribution < -0.4 is 16.2 Å². The fourth-order valence-corrected chi connectivity index (χ4v) is 4.22. The van der Waals surface area contributed by atoms with Crippen LogP contribution in [0.3, 0.4) is 0 Å². The summed E-state index contributed by atoms with van der Waals surface area (Å²) in [5, 5.41) is 6.48. The second-order valence-corrected chi connectivity index (χ2v) is 9.36. The van der Waals surface area contributed by atoms with E-state index in [4.69, 9.17) is 17.2 Å². The first kappa shape index (κ1) is 24.3. The van der Waals surface area contributed by atoms with Gasteiger partial charge in [-0.1, -0.05) is 74.0 Å². The van der Waals surface area contributed by atoms with Gasteiger partial charge in [-0.15, -0.1) is 0 Å².